The van der Waals surface area contributed by atoms with Gasteiger partial charge in [-0.05, 0) is 30.5 Å². The van der Waals surface area contributed by atoms with E-state index in [1.54, 1.807) is 6.07 Å². The van der Waals surface area contributed by atoms with E-state index < -0.39 is 9.84 Å². The summed E-state index contributed by atoms with van der Waals surface area (Å²) in [5, 5.41) is 12.3. The van der Waals surface area contributed by atoms with Crippen LogP contribution in [-0.2, 0) is 9.84 Å². The number of rotatable bonds is 6. The van der Waals surface area contributed by atoms with Crippen LogP contribution < -0.4 is 11.1 Å². The van der Waals surface area contributed by atoms with Gasteiger partial charge in [0.05, 0.1) is 16.3 Å². The molecule has 108 valence electrons. The Morgan fingerprint density at radius 2 is 2.00 bits per heavy atom. The van der Waals surface area contributed by atoms with Gasteiger partial charge in [-0.15, -0.1) is 0 Å². The lowest BCUT2D eigenvalue weighted by Crippen LogP contribution is -2.27. The van der Waals surface area contributed by atoms with Gasteiger partial charge in [-0.25, -0.2) is 8.42 Å². The fraction of sp³-hybridized carbons (Fsp3) is 0.538. The second-order valence-electron chi connectivity index (χ2n) is 5.03. The number of nitrogen functional groups attached to an aromatic ring is 1. The molecule has 0 saturated heterocycles. The summed E-state index contributed by atoms with van der Waals surface area (Å²) in [5.41, 5.74) is 6.96. The monoisotopic (exact) mass is 286 g/mol. The van der Waals surface area contributed by atoms with Crippen LogP contribution in [0.4, 0.5) is 11.4 Å². The normalized spacial score (nSPS) is 13.5. The molecule has 4 N–H and O–H groups in total. The maximum Gasteiger partial charge on any atom is 0.175 e. The molecular formula is C13H22N2O3S. The Balaban J connectivity index is 2.97. The van der Waals surface area contributed by atoms with Crippen molar-refractivity contribution in [2.45, 2.75) is 31.2 Å². The fourth-order valence-electron chi connectivity index (χ4n) is 1.81. The number of benzene rings is 1. The number of anilines is 2. The number of hydrogen-bond acceptors (Lipinski definition) is 5. The molecule has 0 radical (unpaired) electrons. The van der Waals surface area contributed by atoms with Gasteiger partial charge < -0.3 is 16.2 Å². The van der Waals surface area contributed by atoms with Crippen LogP contribution in [0.25, 0.3) is 0 Å². The largest absolute Gasteiger partial charge is 0.397 e. The van der Waals surface area contributed by atoms with Gasteiger partial charge in [0, 0.05) is 18.9 Å². The predicted molar refractivity (Wildman–Crippen MR) is 77.9 cm³/mol. The van der Waals surface area contributed by atoms with E-state index in [4.69, 9.17) is 10.8 Å². The summed E-state index contributed by atoms with van der Waals surface area (Å²) in [4.78, 5) is 0.207. The number of hydrogen-bond donors (Lipinski definition) is 3. The summed E-state index contributed by atoms with van der Waals surface area (Å²) >= 11 is 0. The third-order valence-corrected chi connectivity index (χ3v) is 4.15. The zero-order chi connectivity index (χ0) is 14.6. The highest BCUT2D eigenvalue weighted by atomic mass is 32.2. The van der Waals surface area contributed by atoms with Gasteiger partial charge in [-0.1, -0.05) is 13.8 Å². The van der Waals surface area contributed by atoms with Crippen molar-refractivity contribution in [3.05, 3.63) is 18.2 Å². The first-order valence-corrected chi connectivity index (χ1v) is 8.12. The average Bonchev–Trinajstić information content (AvgIpc) is 2.29. The molecule has 0 saturated carbocycles. The fourth-order valence-corrected chi connectivity index (χ4v) is 2.47. The topological polar surface area (TPSA) is 92.4 Å². The molecule has 1 aromatic carbocycles. The van der Waals surface area contributed by atoms with Crippen LogP contribution in [0.2, 0.25) is 0 Å². The number of aliphatic hydroxyl groups is 1. The van der Waals surface area contributed by atoms with Crippen LogP contribution in [-0.4, -0.2) is 32.4 Å². The van der Waals surface area contributed by atoms with Crippen LogP contribution in [0, 0.1) is 5.92 Å². The van der Waals surface area contributed by atoms with Crippen LogP contribution in [0.15, 0.2) is 23.1 Å². The molecule has 6 heteroatoms. The lowest BCUT2D eigenvalue weighted by molar-refractivity contribution is 0.267. The molecule has 0 fully saturated rings. The minimum Gasteiger partial charge on any atom is -0.397 e. The van der Waals surface area contributed by atoms with Gasteiger partial charge in [-0.2, -0.15) is 0 Å². The molecule has 1 unspecified atom stereocenters. The molecule has 0 aromatic heterocycles. The maximum absolute atomic E-state index is 11.4. The maximum atomic E-state index is 11.4. The standard InChI is InChI=1S/C13H22N2O3S/c1-9(2)12(6-7-16)15-13-5-4-10(8-11(13)14)19(3,17)18/h4-5,8-9,12,15-16H,6-7,14H2,1-3H3. The zero-order valence-corrected chi connectivity index (χ0v) is 12.4. The Morgan fingerprint density at radius 3 is 2.42 bits per heavy atom. The highest BCUT2D eigenvalue weighted by molar-refractivity contribution is 7.90. The van der Waals surface area contributed by atoms with E-state index in [-0.39, 0.29) is 17.5 Å². The van der Waals surface area contributed by atoms with Crippen LogP contribution in [0.1, 0.15) is 20.3 Å². The van der Waals surface area contributed by atoms with E-state index in [9.17, 15) is 8.42 Å². The highest BCUT2D eigenvalue weighted by Gasteiger charge is 2.15. The van der Waals surface area contributed by atoms with Crippen molar-refractivity contribution in [3.63, 3.8) is 0 Å². The second kappa shape index (κ2) is 6.25. The van der Waals surface area contributed by atoms with Crippen LogP contribution in [0.5, 0.6) is 0 Å². The van der Waals surface area contributed by atoms with Gasteiger partial charge in [0.2, 0.25) is 0 Å². The number of nitrogens with two attached hydrogens (primary N) is 1. The number of nitrogens with one attached hydrogen (secondary N) is 1. The van der Waals surface area contributed by atoms with E-state index >= 15 is 0 Å². The molecule has 0 heterocycles. The summed E-state index contributed by atoms with van der Waals surface area (Å²) in [6.07, 6.45) is 1.77. The van der Waals surface area contributed by atoms with Crippen molar-refractivity contribution in [1.29, 1.82) is 0 Å². The summed E-state index contributed by atoms with van der Waals surface area (Å²) in [5.74, 6) is 0.334. The molecule has 1 atom stereocenters. The second-order valence-corrected chi connectivity index (χ2v) is 7.04. The van der Waals surface area contributed by atoms with E-state index in [1.807, 2.05) is 13.8 Å². The van der Waals surface area contributed by atoms with Crippen molar-refractivity contribution in [1.82, 2.24) is 0 Å². The zero-order valence-electron chi connectivity index (χ0n) is 11.6. The summed E-state index contributed by atoms with van der Waals surface area (Å²) < 4.78 is 22.8. The van der Waals surface area contributed by atoms with Gasteiger partial charge in [0.25, 0.3) is 0 Å². The predicted octanol–water partition coefficient (Wildman–Crippen LogP) is 1.49. The quantitative estimate of drug-likeness (QED) is 0.689. The van der Waals surface area contributed by atoms with E-state index in [1.165, 1.54) is 12.1 Å². The van der Waals surface area contributed by atoms with E-state index in [2.05, 4.69) is 5.32 Å². The number of aliphatic hydroxyl groups excluding tert-OH is 1. The molecule has 0 bridgehead atoms. The Hall–Kier alpha value is -1.27. The lowest BCUT2D eigenvalue weighted by atomic mass is 10.0. The van der Waals surface area contributed by atoms with Gasteiger partial charge in [-0.3, -0.25) is 0 Å². The molecule has 0 spiro atoms. The summed E-state index contributed by atoms with van der Waals surface area (Å²) in [7, 11) is -3.24. The molecular weight excluding hydrogens is 264 g/mol. The molecule has 5 nitrogen and oxygen atoms in total. The van der Waals surface area contributed by atoms with Crippen molar-refractivity contribution < 1.29 is 13.5 Å². The van der Waals surface area contributed by atoms with Gasteiger partial charge >= 0.3 is 0 Å². The molecule has 19 heavy (non-hydrogen) atoms. The molecule has 1 rings (SSSR count). The Bertz CT molecular complexity index is 527. The molecule has 1 aromatic rings. The van der Waals surface area contributed by atoms with Crippen LogP contribution >= 0.6 is 0 Å². The Labute approximate surface area is 114 Å². The Kier molecular flexibility index (Phi) is 5.20. The third-order valence-electron chi connectivity index (χ3n) is 3.04. The summed E-state index contributed by atoms with van der Waals surface area (Å²) in [6.45, 7) is 4.19. The Morgan fingerprint density at radius 1 is 1.37 bits per heavy atom. The van der Waals surface area contributed by atoms with Crippen LogP contribution in [0.3, 0.4) is 0 Å². The molecule has 0 aliphatic rings. The first-order chi connectivity index (χ1) is 8.75. The van der Waals surface area contributed by atoms with Gasteiger partial charge in [0.1, 0.15) is 0 Å². The molecule has 0 amide bonds. The van der Waals surface area contributed by atoms with E-state index in [0.29, 0.717) is 23.7 Å². The minimum atomic E-state index is -3.24. The average molecular weight is 286 g/mol. The lowest BCUT2D eigenvalue weighted by Gasteiger charge is -2.23. The first-order valence-electron chi connectivity index (χ1n) is 6.22. The third kappa shape index (κ3) is 4.40. The van der Waals surface area contributed by atoms with E-state index in [0.717, 1.165) is 6.26 Å². The number of sulfone groups is 1. The van der Waals surface area contributed by atoms with Crippen molar-refractivity contribution >= 4 is 21.2 Å². The minimum absolute atomic E-state index is 0.0939. The van der Waals surface area contributed by atoms with Crippen molar-refractivity contribution in [3.8, 4) is 0 Å². The summed E-state index contributed by atoms with van der Waals surface area (Å²) in [6, 6.07) is 4.74. The molecule has 0 aliphatic heterocycles. The SMILES string of the molecule is CC(C)C(CCO)Nc1ccc(S(C)(=O)=O)cc1N. The molecule has 0 aliphatic carbocycles. The van der Waals surface area contributed by atoms with Crippen molar-refractivity contribution in [2.75, 3.05) is 23.9 Å². The first kappa shape index (κ1) is 15.8. The highest BCUT2D eigenvalue weighted by Crippen LogP contribution is 2.25. The van der Waals surface area contributed by atoms with Gasteiger partial charge in [0.15, 0.2) is 9.84 Å². The smallest absolute Gasteiger partial charge is 0.175 e. The van der Waals surface area contributed by atoms with Crippen molar-refractivity contribution in [2.24, 2.45) is 5.92 Å².